The number of anilines is 3. The first-order valence-electron chi connectivity index (χ1n) is 32.3. The average molecular weight is 1360 g/mol. The van der Waals surface area contributed by atoms with Crippen LogP contribution in [-0.2, 0) is 60.0 Å². The zero-order valence-corrected chi connectivity index (χ0v) is 57.0. The molecule has 4 aliphatic carbocycles. The number of para-hydroxylation sites is 1. The van der Waals surface area contributed by atoms with Gasteiger partial charge in [0.1, 0.15) is 30.1 Å². The maximum absolute atomic E-state index is 13.9. The lowest BCUT2D eigenvalue weighted by atomic mass is 9.39. The molecule has 514 valence electrons. The van der Waals surface area contributed by atoms with Gasteiger partial charge >= 0.3 is 24.2 Å². The molecular formula is C68H86N12O14S2. The number of primary amides is 1. The average Bonchev–Trinajstić information content (AvgIpc) is 0.776. The molecule has 96 heavy (non-hydrogen) atoms. The quantitative estimate of drug-likeness (QED) is 0.0185. The summed E-state index contributed by atoms with van der Waals surface area (Å²) in [7, 11) is -4.50. The highest BCUT2D eigenvalue weighted by molar-refractivity contribution is 7.85. The molecule has 2 unspecified atom stereocenters. The van der Waals surface area contributed by atoms with Gasteiger partial charge < -0.3 is 56.1 Å². The molecule has 0 saturated heterocycles. The number of rotatable bonds is 26. The van der Waals surface area contributed by atoms with Crippen molar-refractivity contribution in [2.45, 2.75) is 156 Å². The van der Waals surface area contributed by atoms with Gasteiger partial charge in [-0.25, -0.2) is 29.1 Å². The summed E-state index contributed by atoms with van der Waals surface area (Å²) in [6.45, 7) is 16.0. The summed E-state index contributed by atoms with van der Waals surface area (Å²) in [6.07, 6.45) is 6.04. The Labute approximate surface area is 561 Å². The number of carboxylic acid groups (broad SMARTS) is 1. The van der Waals surface area contributed by atoms with Gasteiger partial charge in [0, 0.05) is 67.3 Å². The van der Waals surface area contributed by atoms with Crippen LogP contribution in [0.15, 0.2) is 85.1 Å². The maximum Gasteiger partial charge on any atom is 0.410 e. The van der Waals surface area contributed by atoms with E-state index in [1.807, 2.05) is 59.0 Å². The Hall–Kier alpha value is -8.73. The molecule has 4 saturated carbocycles. The van der Waals surface area contributed by atoms with Crippen molar-refractivity contribution in [3.05, 3.63) is 119 Å². The number of aromatic carboxylic acids is 1. The number of carbonyl (C=O) groups excluding carboxylic acids is 6. The summed E-state index contributed by atoms with van der Waals surface area (Å²) in [4.78, 5) is 105. The number of alkyl carbamates (subject to hydrolysis) is 1. The predicted molar refractivity (Wildman–Crippen MR) is 361 cm³/mol. The number of carboxylic acids is 1. The van der Waals surface area contributed by atoms with Crippen LogP contribution < -0.4 is 37.2 Å². The van der Waals surface area contributed by atoms with Crippen LogP contribution in [0.3, 0.4) is 0 Å². The third-order valence-electron chi connectivity index (χ3n) is 18.4. The van der Waals surface area contributed by atoms with E-state index in [0.717, 1.165) is 59.1 Å². The molecule has 11 rings (SSSR count). The van der Waals surface area contributed by atoms with Crippen molar-refractivity contribution in [2.75, 3.05) is 54.1 Å². The van der Waals surface area contributed by atoms with Crippen molar-refractivity contribution in [1.82, 2.24) is 40.6 Å². The second kappa shape index (κ2) is 28.2. The predicted octanol–water partition coefficient (Wildman–Crippen LogP) is 9.46. The molecule has 26 nitrogen and oxygen atoms in total. The Balaban J connectivity index is 0.773. The molecule has 7 amide bonds. The van der Waals surface area contributed by atoms with E-state index in [0.29, 0.717) is 71.4 Å². The minimum Gasteiger partial charge on any atom is -0.476 e. The maximum atomic E-state index is 13.9. The van der Waals surface area contributed by atoms with Gasteiger partial charge in [-0.1, -0.05) is 75.4 Å². The van der Waals surface area contributed by atoms with E-state index in [1.165, 1.54) is 16.2 Å². The third kappa shape index (κ3) is 17.1. The molecule has 1 aliphatic heterocycles. The number of ether oxygens (including phenoxy) is 3. The van der Waals surface area contributed by atoms with E-state index >= 15 is 0 Å². The zero-order valence-electron chi connectivity index (χ0n) is 55.4. The summed E-state index contributed by atoms with van der Waals surface area (Å²) in [5.74, 6) is -3.36. The van der Waals surface area contributed by atoms with Gasteiger partial charge in [-0.15, -0.1) is 0 Å². The van der Waals surface area contributed by atoms with E-state index in [2.05, 4.69) is 45.4 Å². The fraction of sp³-hybridized carbons (Fsp3) is 0.500. The number of thiazole rings is 1. The van der Waals surface area contributed by atoms with E-state index in [4.69, 9.17) is 30.0 Å². The van der Waals surface area contributed by atoms with Crippen molar-refractivity contribution in [3.8, 4) is 11.1 Å². The Morgan fingerprint density at radius 1 is 0.844 bits per heavy atom. The van der Waals surface area contributed by atoms with Crippen molar-refractivity contribution >= 4 is 90.2 Å². The smallest absolute Gasteiger partial charge is 0.410 e. The number of nitrogens with one attached hydrogen (secondary N) is 5. The summed E-state index contributed by atoms with van der Waals surface area (Å²) in [5.41, 5.74) is 9.07. The molecule has 0 radical (unpaired) electrons. The van der Waals surface area contributed by atoms with E-state index < -0.39 is 75.2 Å². The molecule has 3 aromatic carbocycles. The van der Waals surface area contributed by atoms with E-state index in [9.17, 15) is 51.6 Å². The third-order valence-corrected chi connectivity index (χ3v) is 20.1. The summed E-state index contributed by atoms with van der Waals surface area (Å²) < 4.78 is 54.9. The number of nitrogens with two attached hydrogens (primary N) is 1. The largest absolute Gasteiger partial charge is 0.476 e. The van der Waals surface area contributed by atoms with E-state index in [1.54, 1.807) is 77.2 Å². The van der Waals surface area contributed by atoms with Gasteiger partial charge in [0.05, 0.1) is 34.4 Å². The first-order chi connectivity index (χ1) is 45.3. The summed E-state index contributed by atoms with van der Waals surface area (Å²) in [6, 6.07) is 20.4. The molecule has 9 N–H and O–H groups in total. The number of urea groups is 1. The van der Waals surface area contributed by atoms with Crippen LogP contribution in [0.5, 0.6) is 0 Å². The molecule has 5 aliphatic rings. The Morgan fingerprint density at radius 3 is 2.25 bits per heavy atom. The van der Waals surface area contributed by atoms with Crippen LogP contribution in [0.1, 0.15) is 143 Å². The molecule has 4 atom stereocenters. The van der Waals surface area contributed by atoms with Crippen LogP contribution in [0.25, 0.3) is 21.3 Å². The molecular weight excluding hydrogens is 1270 g/mol. The van der Waals surface area contributed by atoms with Crippen molar-refractivity contribution < 1.29 is 65.8 Å². The van der Waals surface area contributed by atoms with Gasteiger partial charge in [0.2, 0.25) is 11.8 Å². The number of pyridine rings is 1. The van der Waals surface area contributed by atoms with Crippen molar-refractivity contribution in [3.63, 3.8) is 0 Å². The SMILES string of the molecule is Cc1c(-c2ccc(N3CCc4cccc(C(=O)Nc5nc6ccccc6s5)c4C3)nc2C(=O)O)cnn1CC12CC3(C)CC(C)(C1)CC(OCCN(CCS(=O)(=O)O)C(=O)OCc1ccc(NC(=O)[C@H](CCCNC(N)=O)NC(=O)[C@@H](NC(=O)OC(C)(C)C)C(C)C)cc1)(C3)C2. The monoisotopic (exact) mass is 1360 g/mol. The number of hydrogen-bond acceptors (Lipinski definition) is 17. The summed E-state index contributed by atoms with van der Waals surface area (Å²) >= 11 is 1.40. The van der Waals surface area contributed by atoms with Gasteiger partial charge in [-0.05, 0) is 167 Å². The van der Waals surface area contributed by atoms with Crippen LogP contribution >= 0.6 is 11.3 Å². The Kier molecular flexibility index (Phi) is 20.6. The number of carbonyl (C=O) groups is 7. The van der Waals surface area contributed by atoms with Crippen LogP contribution in [0.2, 0.25) is 0 Å². The lowest BCUT2D eigenvalue weighted by Gasteiger charge is -2.69. The number of nitrogens with zero attached hydrogens (tertiary/aromatic N) is 6. The lowest BCUT2D eigenvalue weighted by Crippen LogP contribution is -2.64. The number of fused-ring (bicyclic) bond motifs is 2. The van der Waals surface area contributed by atoms with Gasteiger partial charge in [0.15, 0.2) is 10.8 Å². The topological polar surface area (TPSA) is 358 Å². The first-order valence-corrected chi connectivity index (χ1v) is 34.7. The molecule has 4 fully saturated rings. The molecule has 3 aromatic heterocycles. The highest BCUT2D eigenvalue weighted by Gasteiger charge is 2.66. The van der Waals surface area contributed by atoms with Crippen molar-refractivity contribution in [2.24, 2.45) is 27.9 Å². The minimum atomic E-state index is -4.50. The van der Waals surface area contributed by atoms with Crippen LogP contribution in [-0.4, -0.2) is 146 Å². The lowest BCUT2D eigenvalue weighted by molar-refractivity contribution is -0.248. The van der Waals surface area contributed by atoms with Gasteiger partial charge in [-0.2, -0.15) is 13.5 Å². The van der Waals surface area contributed by atoms with Gasteiger partial charge in [-0.3, -0.25) is 28.9 Å². The second-order valence-electron chi connectivity index (χ2n) is 28.3. The van der Waals surface area contributed by atoms with Crippen LogP contribution in [0.4, 0.5) is 31.0 Å². The van der Waals surface area contributed by atoms with Gasteiger partial charge in [0.25, 0.3) is 16.0 Å². The zero-order chi connectivity index (χ0) is 69.1. The normalized spacial score (nSPS) is 21.0. The van der Waals surface area contributed by atoms with Crippen molar-refractivity contribution in [1.29, 1.82) is 0 Å². The Bertz CT molecular complexity index is 4000. The standard InChI is InChI=1S/C68H86N12O14S2/c1-41(2)54(76-62(87)94-64(4,5)6)58(83)73-51(16-12-25-70-60(69)86)57(82)72-45-20-18-43(19-21-45)33-92-63(88)78(28-30-96(89,90)91)27-29-93-68-37-65(7)34-66(8,38-68)36-67(35-65,39-68)40-80-42(3)48(31-71-80)46-22-23-53(75-55(46)59(84)85)79-26-24-44-13-11-14-47(49(44)32-79)56(81)77-61-74-50-15-9-10-17-52(50)95-61/h9-11,13-15,17-23,31,41,51,54H,12,16,24-30,32-40H2,1-8H3,(H,72,82)(H,73,83)(H,76,87)(H,84,85)(H3,69,70,86)(H,74,77,81)(H,89,90,91)/t51-,54-,65?,66?,67?,68?/m0/s1. The summed E-state index contributed by atoms with van der Waals surface area (Å²) in [5, 5.41) is 29.7. The highest BCUT2D eigenvalue weighted by Crippen LogP contribution is 2.72. The fourth-order valence-corrected chi connectivity index (χ4v) is 16.8. The van der Waals surface area contributed by atoms with Crippen LogP contribution in [0, 0.1) is 29.1 Å². The highest BCUT2D eigenvalue weighted by atomic mass is 32.2. The second-order valence-corrected chi connectivity index (χ2v) is 30.9. The minimum absolute atomic E-state index is 0.0378. The molecule has 4 bridgehead atoms. The number of aromatic nitrogens is 4. The molecule has 28 heteroatoms. The molecule has 6 aromatic rings. The molecule has 0 spiro atoms. The molecule has 4 heterocycles. The van der Waals surface area contributed by atoms with E-state index in [-0.39, 0.29) is 79.5 Å². The number of hydrogen-bond donors (Lipinski definition) is 8. The fourth-order valence-electron chi connectivity index (χ4n) is 15.5. The Morgan fingerprint density at radius 2 is 1.57 bits per heavy atom. The first kappa shape index (κ1) is 70.1. The number of benzene rings is 3. The number of amides is 7.